The second kappa shape index (κ2) is 7.28. The molecular formula is C14H22FNO. The van der Waals surface area contributed by atoms with Crippen molar-refractivity contribution in [3.05, 3.63) is 29.6 Å². The van der Waals surface area contributed by atoms with Gasteiger partial charge in [-0.25, -0.2) is 4.39 Å². The van der Waals surface area contributed by atoms with Gasteiger partial charge >= 0.3 is 0 Å². The normalized spacial score (nSPS) is 10.9. The zero-order chi connectivity index (χ0) is 12.7. The summed E-state index contributed by atoms with van der Waals surface area (Å²) < 4.78 is 19.0. The SMILES string of the molecule is CCCNCc1ccc(OCC(C)C)c(F)c1. The van der Waals surface area contributed by atoms with Gasteiger partial charge in [0.05, 0.1) is 6.61 Å². The zero-order valence-corrected chi connectivity index (χ0v) is 10.9. The first-order valence-corrected chi connectivity index (χ1v) is 6.25. The molecule has 17 heavy (non-hydrogen) atoms. The van der Waals surface area contributed by atoms with Crippen LogP contribution in [0, 0.1) is 11.7 Å². The highest BCUT2D eigenvalue weighted by atomic mass is 19.1. The first-order valence-electron chi connectivity index (χ1n) is 6.25. The summed E-state index contributed by atoms with van der Waals surface area (Å²) in [5.41, 5.74) is 0.952. The van der Waals surface area contributed by atoms with Gasteiger partial charge in [-0.15, -0.1) is 0 Å². The number of nitrogens with one attached hydrogen (secondary N) is 1. The van der Waals surface area contributed by atoms with E-state index in [9.17, 15) is 4.39 Å². The molecule has 0 saturated carbocycles. The van der Waals surface area contributed by atoms with E-state index in [0.29, 0.717) is 24.8 Å². The largest absolute Gasteiger partial charge is 0.490 e. The summed E-state index contributed by atoms with van der Waals surface area (Å²) in [5, 5.41) is 3.24. The van der Waals surface area contributed by atoms with E-state index in [0.717, 1.165) is 18.5 Å². The van der Waals surface area contributed by atoms with Gasteiger partial charge in [-0.05, 0) is 36.6 Å². The Morgan fingerprint density at radius 2 is 2.12 bits per heavy atom. The molecule has 0 atom stereocenters. The van der Waals surface area contributed by atoms with Gasteiger partial charge in [0, 0.05) is 6.54 Å². The van der Waals surface area contributed by atoms with Gasteiger partial charge in [0.25, 0.3) is 0 Å². The summed E-state index contributed by atoms with van der Waals surface area (Å²) in [4.78, 5) is 0. The van der Waals surface area contributed by atoms with Crippen molar-refractivity contribution in [2.24, 2.45) is 5.92 Å². The Bertz CT molecular complexity index is 339. The summed E-state index contributed by atoms with van der Waals surface area (Å²) in [6.45, 7) is 8.39. The lowest BCUT2D eigenvalue weighted by molar-refractivity contribution is 0.259. The van der Waals surface area contributed by atoms with Gasteiger partial charge in [0.2, 0.25) is 0 Å². The summed E-state index contributed by atoms with van der Waals surface area (Å²) in [6.07, 6.45) is 1.08. The molecule has 2 nitrogen and oxygen atoms in total. The van der Waals surface area contributed by atoms with Crippen LogP contribution in [0.1, 0.15) is 32.8 Å². The molecule has 1 aromatic carbocycles. The van der Waals surface area contributed by atoms with E-state index in [-0.39, 0.29) is 5.82 Å². The van der Waals surface area contributed by atoms with Gasteiger partial charge in [0.1, 0.15) is 0 Å². The summed E-state index contributed by atoms with van der Waals surface area (Å²) >= 11 is 0. The molecule has 3 heteroatoms. The van der Waals surface area contributed by atoms with Crippen molar-refractivity contribution in [2.45, 2.75) is 33.7 Å². The van der Waals surface area contributed by atoms with E-state index < -0.39 is 0 Å². The fraction of sp³-hybridized carbons (Fsp3) is 0.571. The van der Waals surface area contributed by atoms with Crippen LogP contribution in [0.2, 0.25) is 0 Å². The summed E-state index contributed by atoms with van der Waals surface area (Å²) in [6, 6.07) is 5.15. The van der Waals surface area contributed by atoms with Crippen LogP contribution in [0.15, 0.2) is 18.2 Å². The molecule has 0 aliphatic carbocycles. The molecule has 0 saturated heterocycles. The first kappa shape index (κ1) is 14.0. The third-order valence-corrected chi connectivity index (χ3v) is 2.32. The maximum absolute atomic E-state index is 13.7. The topological polar surface area (TPSA) is 21.3 Å². The molecule has 0 aliphatic heterocycles. The Labute approximate surface area is 103 Å². The fourth-order valence-electron chi connectivity index (χ4n) is 1.44. The average Bonchev–Trinajstić information content (AvgIpc) is 2.28. The monoisotopic (exact) mass is 239 g/mol. The third kappa shape index (κ3) is 5.18. The number of hydrogen-bond donors (Lipinski definition) is 1. The molecule has 0 aliphatic rings. The van der Waals surface area contributed by atoms with E-state index >= 15 is 0 Å². The van der Waals surface area contributed by atoms with Gasteiger partial charge in [0.15, 0.2) is 11.6 Å². The fourth-order valence-corrected chi connectivity index (χ4v) is 1.44. The zero-order valence-electron chi connectivity index (χ0n) is 10.9. The highest BCUT2D eigenvalue weighted by Gasteiger charge is 2.05. The number of ether oxygens (including phenoxy) is 1. The minimum absolute atomic E-state index is 0.276. The van der Waals surface area contributed by atoms with E-state index in [2.05, 4.69) is 12.2 Å². The van der Waals surface area contributed by atoms with Crippen LogP contribution in [-0.2, 0) is 6.54 Å². The number of rotatable bonds is 7. The van der Waals surface area contributed by atoms with Crippen LogP contribution >= 0.6 is 0 Å². The Morgan fingerprint density at radius 1 is 1.35 bits per heavy atom. The lowest BCUT2D eigenvalue weighted by Gasteiger charge is -2.10. The highest BCUT2D eigenvalue weighted by molar-refractivity contribution is 5.29. The number of hydrogen-bond acceptors (Lipinski definition) is 2. The maximum atomic E-state index is 13.7. The van der Waals surface area contributed by atoms with Crippen LogP contribution in [-0.4, -0.2) is 13.2 Å². The molecular weight excluding hydrogens is 217 g/mol. The van der Waals surface area contributed by atoms with Crippen molar-refractivity contribution >= 4 is 0 Å². The lowest BCUT2D eigenvalue weighted by Crippen LogP contribution is -2.14. The molecule has 0 radical (unpaired) electrons. The Hall–Kier alpha value is -1.09. The predicted molar refractivity (Wildman–Crippen MR) is 68.7 cm³/mol. The molecule has 0 bridgehead atoms. The average molecular weight is 239 g/mol. The molecule has 1 N–H and O–H groups in total. The van der Waals surface area contributed by atoms with E-state index in [4.69, 9.17) is 4.74 Å². The van der Waals surface area contributed by atoms with Crippen LogP contribution in [0.4, 0.5) is 4.39 Å². The van der Waals surface area contributed by atoms with Gasteiger partial charge in [-0.1, -0.05) is 26.8 Å². The minimum atomic E-state index is -0.276. The van der Waals surface area contributed by atoms with Crippen LogP contribution < -0.4 is 10.1 Å². The van der Waals surface area contributed by atoms with Crippen LogP contribution in [0.5, 0.6) is 5.75 Å². The van der Waals surface area contributed by atoms with Crippen molar-refractivity contribution in [2.75, 3.05) is 13.2 Å². The Balaban J connectivity index is 2.53. The Morgan fingerprint density at radius 3 is 2.71 bits per heavy atom. The first-order chi connectivity index (χ1) is 8.13. The van der Waals surface area contributed by atoms with E-state index in [1.165, 1.54) is 0 Å². The predicted octanol–water partition coefficient (Wildman–Crippen LogP) is 3.36. The Kier molecular flexibility index (Phi) is 5.98. The smallest absolute Gasteiger partial charge is 0.165 e. The molecule has 1 aromatic rings. The molecule has 0 fully saturated rings. The van der Waals surface area contributed by atoms with Crippen molar-refractivity contribution in [1.29, 1.82) is 0 Å². The maximum Gasteiger partial charge on any atom is 0.165 e. The standard InChI is InChI=1S/C14H22FNO/c1-4-7-16-9-12-5-6-14(13(15)8-12)17-10-11(2)3/h5-6,8,11,16H,4,7,9-10H2,1-3H3. The summed E-state index contributed by atoms with van der Waals surface area (Å²) in [7, 11) is 0. The summed E-state index contributed by atoms with van der Waals surface area (Å²) in [5.74, 6) is 0.472. The molecule has 0 spiro atoms. The molecule has 96 valence electrons. The van der Waals surface area contributed by atoms with Gasteiger partial charge < -0.3 is 10.1 Å². The molecule has 0 aromatic heterocycles. The van der Waals surface area contributed by atoms with Gasteiger partial charge in [-0.2, -0.15) is 0 Å². The number of benzene rings is 1. The second-order valence-corrected chi connectivity index (χ2v) is 4.65. The van der Waals surface area contributed by atoms with Crippen molar-refractivity contribution in [3.8, 4) is 5.75 Å². The van der Waals surface area contributed by atoms with Crippen LogP contribution in [0.25, 0.3) is 0 Å². The number of halogens is 1. The van der Waals surface area contributed by atoms with E-state index in [1.807, 2.05) is 19.9 Å². The van der Waals surface area contributed by atoms with Crippen molar-refractivity contribution < 1.29 is 9.13 Å². The van der Waals surface area contributed by atoms with Crippen molar-refractivity contribution in [3.63, 3.8) is 0 Å². The highest BCUT2D eigenvalue weighted by Crippen LogP contribution is 2.19. The lowest BCUT2D eigenvalue weighted by atomic mass is 10.2. The molecule has 1 rings (SSSR count). The van der Waals surface area contributed by atoms with Crippen molar-refractivity contribution in [1.82, 2.24) is 5.32 Å². The van der Waals surface area contributed by atoms with E-state index in [1.54, 1.807) is 12.1 Å². The molecule has 0 unspecified atom stereocenters. The quantitative estimate of drug-likeness (QED) is 0.737. The second-order valence-electron chi connectivity index (χ2n) is 4.65. The molecule has 0 amide bonds. The van der Waals surface area contributed by atoms with Crippen LogP contribution in [0.3, 0.4) is 0 Å². The molecule has 0 heterocycles. The third-order valence-electron chi connectivity index (χ3n) is 2.32. The van der Waals surface area contributed by atoms with Gasteiger partial charge in [-0.3, -0.25) is 0 Å². The minimum Gasteiger partial charge on any atom is -0.490 e.